The van der Waals surface area contributed by atoms with Gasteiger partial charge in [-0.2, -0.15) is 0 Å². The molecule has 3 heterocycles. The Kier molecular flexibility index (Phi) is 4.31. The lowest BCUT2D eigenvalue weighted by Gasteiger charge is -2.37. The molecule has 0 spiro atoms. The largest absolute Gasteiger partial charge is 0.448 e. The third kappa shape index (κ3) is 3.07. The first-order valence-electron chi connectivity index (χ1n) is 8.66. The van der Waals surface area contributed by atoms with Gasteiger partial charge in [0.25, 0.3) is 5.91 Å². The molecule has 1 aliphatic rings. The van der Waals surface area contributed by atoms with Crippen molar-refractivity contribution in [1.29, 1.82) is 0 Å². The fourth-order valence-electron chi connectivity index (χ4n) is 3.44. The maximum absolute atomic E-state index is 12.9. The van der Waals surface area contributed by atoms with E-state index in [4.69, 9.17) is 10.2 Å². The van der Waals surface area contributed by atoms with Crippen LogP contribution in [0.2, 0.25) is 0 Å². The fraction of sp³-hybridized carbons (Fsp3) is 0.368. The Morgan fingerprint density at radius 2 is 2.16 bits per heavy atom. The third-order valence-electron chi connectivity index (χ3n) is 4.74. The van der Waals surface area contributed by atoms with E-state index >= 15 is 0 Å². The minimum absolute atomic E-state index is 0.0389. The number of thiazole rings is 1. The molecule has 3 aromatic rings. The molecule has 2 atom stereocenters. The number of nitrogens with zero attached hydrogens (tertiary/aromatic N) is 2. The van der Waals surface area contributed by atoms with Gasteiger partial charge in [0.15, 0.2) is 16.5 Å². The van der Waals surface area contributed by atoms with E-state index in [1.54, 1.807) is 17.4 Å². The Balaban J connectivity index is 1.60. The van der Waals surface area contributed by atoms with Crippen molar-refractivity contribution in [1.82, 2.24) is 9.88 Å². The monoisotopic (exact) mass is 355 g/mol. The van der Waals surface area contributed by atoms with Crippen LogP contribution in [0.5, 0.6) is 0 Å². The molecule has 2 aromatic heterocycles. The van der Waals surface area contributed by atoms with Crippen LogP contribution in [0.1, 0.15) is 36.7 Å². The summed E-state index contributed by atoms with van der Waals surface area (Å²) < 4.78 is 6.96. The maximum atomic E-state index is 12.9. The van der Waals surface area contributed by atoms with Gasteiger partial charge in [-0.1, -0.05) is 12.1 Å². The molecule has 0 aliphatic carbocycles. The molecule has 1 fully saturated rings. The van der Waals surface area contributed by atoms with Crippen molar-refractivity contribution in [3.05, 3.63) is 42.2 Å². The molecule has 25 heavy (non-hydrogen) atoms. The van der Waals surface area contributed by atoms with Gasteiger partial charge in [0.05, 0.1) is 10.2 Å². The number of amides is 1. The van der Waals surface area contributed by atoms with Crippen molar-refractivity contribution >= 4 is 27.5 Å². The highest BCUT2D eigenvalue weighted by Crippen LogP contribution is 2.32. The Bertz CT molecular complexity index is 866. The Labute approximate surface area is 150 Å². The number of furan rings is 1. The number of fused-ring (bicyclic) bond motifs is 1. The van der Waals surface area contributed by atoms with E-state index in [1.165, 1.54) is 0 Å². The molecule has 2 unspecified atom stereocenters. The number of aromatic nitrogens is 1. The molecule has 1 saturated heterocycles. The number of nitrogens with two attached hydrogens (primary N) is 1. The number of hydrogen-bond donors (Lipinski definition) is 1. The molecule has 1 aliphatic heterocycles. The van der Waals surface area contributed by atoms with Gasteiger partial charge in [0, 0.05) is 18.6 Å². The van der Waals surface area contributed by atoms with Crippen molar-refractivity contribution in [3.8, 4) is 10.8 Å². The van der Waals surface area contributed by atoms with Gasteiger partial charge in [-0.25, -0.2) is 4.98 Å². The second-order valence-corrected chi connectivity index (χ2v) is 7.60. The lowest BCUT2D eigenvalue weighted by Crippen LogP contribution is -2.51. The Hall–Kier alpha value is -2.18. The second-order valence-electron chi connectivity index (χ2n) is 6.57. The van der Waals surface area contributed by atoms with Crippen molar-refractivity contribution in [2.75, 3.05) is 6.54 Å². The standard InChI is InChI=1S/C19H21N3O2S/c1-12(20)14-7-4-5-11-22(14)19(23)16-10-9-15(24-16)18-21-13-6-2-3-8-17(13)25-18/h2-3,6,8-10,12,14H,4-5,7,11,20H2,1H3. The van der Waals surface area contributed by atoms with E-state index in [-0.39, 0.29) is 18.0 Å². The molecule has 0 bridgehead atoms. The second kappa shape index (κ2) is 6.61. The van der Waals surface area contributed by atoms with Crippen LogP contribution in [0.4, 0.5) is 0 Å². The first kappa shape index (κ1) is 16.3. The van der Waals surface area contributed by atoms with Gasteiger partial charge in [0.1, 0.15) is 0 Å². The number of para-hydroxylation sites is 1. The molecule has 5 nitrogen and oxygen atoms in total. The van der Waals surface area contributed by atoms with Crippen LogP contribution in [0, 0.1) is 0 Å². The highest BCUT2D eigenvalue weighted by molar-refractivity contribution is 7.21. The average Bonchev–Trinajstić information content (AvgIpc) is 3.27. The maximum Gasteiger partial charge on any atom is 0.289 e. The van der Waals surface area contributed by atoms with E-state index in [2.05, 4.69) is 4.98 Å². The van der Waals surface area contributed by atoms with Crippen LogP contribution in [0.3, 0.4) is 0 Å². The summed E-state index contributed by atoms with van der Waals surface area (Å²) in [5, 5.41) is 0.794. The van der Waals surface area contributed by atoms with Crippen LogP contribution < -0.4 is 5.73 Å². The van der Waals surface area contributed by atoms with Gasteiger partial charge in [-0.3, -0.25) is 4.79 Å². The summed E-state index contributed by atoms with van der Waals surface area (Å²) in [6.45, 7) is 2.70. The molecule has 130 valence electrons. The summed E-state index contributed by atoms with van der Waals surface area (Å²) in [4.78, 5) is 19.4. The van der Waals surface area contributed by atoms with Crippen LogP contribution in [0.15, 0.2) is 40.8 Å². The van der Waals surface area contributed by atoms with Crippen LogP contribution in [0.25, 0.3) is 21.0 Å². The van der Waals surface area contributed by atoms with Crippen LogP contribution in [-0.4, -0.2) is 34.4 Å². The number of likely N-dealkylation sites (tertiary alicyclic amines) is 1. The zero-order valence-electron chi connectivity index (χ0n) is 14.1. The normalized spacial score (nSPS) is 19.3. The quantitative estimate of drug-likeness (QED) is 0.773. The van der Waals surface area contributed by atoms with E-state index in [9.17, 15) is 4.79 Å². The Morgan fingerprint density at radius 1 is 1.32 bits per heavy atom. The molecule has 6 heteroatoms. The zero-order valence-corrected chi connectivity index (χ0v) is 15.0. The summed E-state index contributed by atoms with van der Waals surface area (Å²) in [6, 6.07) is 11.6. The van der Waals surface area contributed by atoms with Gasteiger partial charge in [-0.15, -0.1) is 11.3 Å². The van der Waals surface area contributed by atoms with E-state index < -0.39 is 0 Å². The van der Waals surface area contributed by atoms with E-state index in [0.29, 0.717) is 11.5 Å². The molecular formula is C19H21N3O2S. The van der Waals surface area contributed by atoms with Gasteiger partial charge in [-0.05, 0) is 50.5 Å². The van der Waals surface area contributed by atoms with Gasteiger partial charge >= 0.3 is 0 Å². The van der Waals surface area contributed by atoms with E-state index in [1.807, 2.05) is 42.2 Å². The van der Waals surface area contributed by atoms with Crippen molar-refractivity contribution in [3.63, 3.8) is 0 Å². The number of piperidine rings is 1. The molecule has 4 rings (SSSR count). The van der Waals surface area contributed by atoms with Crippen molar-refractivity contribution in [2.45, 2.75) is 38.3 Å². The summed E-state index contributed by atoms with van der Waals surface area (Å²) >= 11 is 1.57. The molecule has 2 N–H and O–H groups in total. The molecule has 1 amide bonds. The first-order chi connectivity index (χ1) is 12.1. The number of hydrogen-bond acceptors (Lipinski definition) is 5. The number of carbonyl (C=O) groups is 1. The summed E-state index contributed by atoms with van der Waals surface area (Å²) in [7, 11) is 0. The summed E-state index contributed by atoms with van der Waals surface area (Å²) in [5.74, 6) is 0.926. The smallest absolute Gasteiger partial charge is 0.289 e. The average molecular weight is 355 g/mol. The highest BCUT2D eigenvalue weighted by atomic mass is 32.1. The summed E-state index contributed by atoms with van der Waals surface area (Å²) in [6.07, 6.45) is 3.08. The Morgan fingerprint density at radius 3 is 2.96 bits per heavy atom. The van der Waals surface area contributed by atoms with Crippen LogP contribution >= 0.6 is 11.3 Å². The minimum atomic E-state index is -0.0747. The number of carbonyl (C=O) groups excluding carboxylic acids is 1. The SMILES string of the molecule is CC(N)C1CCCCN1C(=O)c1ccc(-c2nc3ccccc3s2)o1. The topological polar surface area (TPSA) is 72.4 Å². The minimum Gasteiger partial charge on any atom is -0.448 e. The number of rotatable bonds is 3. The molecule has 0 radical (unpaired) electrons. The predicted octanol–water partition coefficient (Wildman–Crippen LogP) is 3.90. The zero-order chi connectivity index (χ0) is 17.4. The van der Waals surface area contributed by atoms with Gasteiger partial charge < -0.3 is 15.1 Å². The van der Waals surface area contributed by atoms with E-state index in [0.717, 1.165) is 41.0 Å². The van der Waals surface area contributed by atoms with Gasteiger partial charge in [0.2, 0.25) is 0 Å². The molecule has 0 saturated carbocycles. The molecular weight excluding hydrogens is 334 g/mol. The fourth-order valence-corrected chi connectivity index (χ4v) is 4.37. The lowest BCUT2D eigenvalue weighted by atomic mass is 9.96. The van der Waals surface area contributed by atoms with Crippen molar-refractivity contribution < 1.29 is 9.21 Å². The van der Waals surface area contributed by atoms with Crippen molar-refractivity contribution in [2.24, 2.45) is 5.73 Å². The molecule has 1 aromatic carbocycles. The summed E-state index contributed by atoms with van der Waals surface area (Å²) in [5.41, 5.74) is 7.02. The third-order valence-corrected chi connectivity index (χ3v) is 5.79. The highest BCUT2D eigenvalue weighted by Gasteiger charge is 2.31. The van der Waals surface area contributed by atoms with Crippen LogP contribution in [-0.2, 0) is 0 Å². The lowest BCUT2D eigenvalue weighted by molar-refractivity contribution is 0.0552. The first-order valence-corrected chi connectivity index (χ1v) is 9.47. The number of benzene rings is 1. The predicted molar refractivity (Wildman–Crippen MR) is 99.6 cm³/mol.